The first-order chi connectivity index (χ1) is 9.79. The summed E-state index contributed by atoms with van der Waals surface area (Å²) in [6.07, 6.45) is -3.28. The van der Waals surface area contributed by atoms with E-state index in [-0.39, 0.29) is 17.4 Å². The summed E-state index contributed by atoms with van der Waals surface area (Å²) in [5.74, 6) is -1.42. The molecule has 2 N–H and O–H groups in total. The number of halogens is 4. The number of amidine groups is 1. The highest BCUT2D eigenvalue weighted by molar-refractivity contribution is 6.03. The van der Waals surface area contributed by atoms with E-state index in [0.717, 1.165) is 18.9 Å². The molecule has 112 valence electrons. The van der Waals surface area contributed by atoms with Crippen LogP contribution in [-0.4, -0.2) is 22.8 Å². The zero-order valence-electron chi connectivity index (χ0n) is 10.7. The molecule has 1 unspecified atom stereocenters. The number of hydrogen-bond acceptors (Lipinski definition) is 2. The third-order valence-electron chi connectivity index (χ3n) is 3.56. The number of aliphatic imine (C=N–C) groups is 1. The summed E-state index contributed by atoms with van der Waals surface area (Å²) < 4.78 is 51.7. The van der Waals surface area contributed by atoms with Crippen molar-refractivity contribution in [3.8, 4) is 0 Å². The Bertz CT molecular complexity index is 637. The highest BCUT2D eigenvalue weighted by Gasteiger charge is 2.44. The molecule has 3 rings (SSSR count). The van der Waals surface area contributed by atoms with Gasteiger partial charge < -0.3 is 10.6 Å². The zero-order chi connectivity index (χ0) is 15.4. The van der Waals surface area contributed by atoms with Gasteiger partial charge in [0, 0.05) is 6.04 Å². The first kappa shape index (κ1) is 13.8. The topological polar surface area (TPSA) is 58.7 Å². The lowest BCUT2D eigenvalue weighted by Gasteiger charge is -2.25. The van der Waals surface area contributed by atoms with Gasteiger partial charge in [-0.05, 0) is 30.5 Å². The summed E-state index contributed by atoms with van der Waals surface area (Å²) in [6.45, 7) is 0. The molecule has 1 aliphatic carbocycles. The average molecular weight is 301 g/mol. The zero-order valence-corrected chi connectivity index (χ0v) is 10.7. The minimum absolute atomic E-state index is 0.0633. The first-order valence-electron chi connectivity index (χ1n) is 6.32. The molecule has 2 amide bonds. The van der Waals surface area contributed by atoms with Crippen molar-refractivity contribution in [3.63, 3.8) is 0 Å². The van der Waals surface area contributed by atoms with E-state index in [1.165, 1.54) is 11.0 Å². The molecule has 8 heteroatoms. The van der Waals surface area contributed by atoms with Gasteiger partial charge in [0.25, 0.3) is 0 Å². The van der Waals surface area contributed by atoms with E-state index in [2.05, 4.69) is 4.99 Å². The lowest BCUT2D eigenvalue weighted by molar-refractivity contribution is -0.140. The van der Waals surface area contributed by atoms with Crippen LogP contribution < -0.4 is 5.73 Å². The van der Waals surface area contributed by atoms with Gasteiger partial charge in [-0.15, -0.1) is 0 Å². The fraction of sp³-hybridized carbons (Fsp3) is 0.385. The third kappa shape index (κ3) is 2.34. The van der Waals surface area contributed by atoms with E-state index in [9.17, 15) is 22.4 Å². The van der Waals surface area contributed by atoms with Crippen molar-refractivity contribution in [2.24, 2.45) is 10.7 Å². The van der Waals surface area contributed by atoms with Crippen LogP contribution in [0.25, 0.3) is 0 Å². The normalized spacial score (nSPS) is 22.7. The van der Waals surface area contributed by atoms with Crippen molar-refractivity contribution < 1.29 is 22.4 Å². The lowest BCUT2D eigenvalue weighted by atomic mass is 10.0. The summed E-state index contributed by atoms with van der Waals surface area (Å²) in [5, 5.41) is 0. The predicted octanol–water partition coefficient (Wildman–Crippen LogP) is 2.84. The number of rotatable bonds is 2. The molecule has 0 saturated heterocycles. The van der Waals surface area contributed by atoms with Gasteiger partial charge in [0.2, 0.25) is 0 Å². The molecule has 4 nitrogen and oxygen atoms in total. The number of hydrogen-bond donors (Lipinski definition) is 1. The molecule has 0 radical (unpaired) electrons. The highest BCUT2D eigenvalue weighted by Crippen LogP contribution is 2.40. The van der Waals surface area contributed by atoms with Crippen LogP contribution in [0.3, 0.4) is 0 Å². The van der Waals surface area contributed by atoms with Crippen molar-refractivity contribution >= 4 is 11.9 Å². The molecule has 1 aromatic rings. The van der Waals surface area contributed by atoms with E-state index in [1.54, 1.807) is 0 Å². The molecular formula is C13H11F4N3O. The monoisotopic (exact) mass is 301 g/mol. The maximum Gasteiger partial charge on any atom is 0.419 e. The molecule has 21 heavy (non-hydrogen) atoms. The maximum atomic E-state index is 13.3. The Kier molecular flexibility index (Phi) is 2.93. The molecular weight excluding hydrogens is 290 g/mol. The van der Waals surface area contributed by atoms with Crippen LogP contribution in [0.1, 0.15) is 30.0 Å². The first-order valence-corrected chi connectivity index (χ1v) is 6.32. The van der Waals surface area contributed by atoms with Gasteiger partial charge >= 0.3 is 12.2 Å². The molecule has 1 aromatic carbocycles. The van der Waals surface area contributed by atoms with Gasteiger partial charge in [0.15, 0.2) is 0 Å². The van der Waals surface area contributed by atoms with Gasteiger partial charge in [-0.1, -0.05) is 6.07 Å². The summed E-state index contributed by atoms with van der Waals surface area (Å²) in [7, 11) is 0. The summed E-state index contributed by atoms with van der Waals surface area (Å²) in [6, 6.07) is 1.15. The van der Waals surface area contributed by atoms with E-state index < -0.39 is 29.6 Å². The Balaban J connectivity index is 2.03. The average Bonchev–Trinajstić information content (AvgIpc) is 3.15. The molecule has 1 saturated carbocycles. The molecule has 0 bridgehead atoms. The maximum absolute atomic E-state index is 13.3. The number of carbonyl (C=O) groups is 1. The van der Waals surface area contributed by atoms with Crippen molar-refractivity contribution in [1.29, 1.82) is 0 Å². The van der Waals surface area contributed by atoms with Crippen molar-refractivity contribution in [2.45, 2.75) is 31.1 Å². The fourth-order valence-corrected chi connectivity index (χ4v) is 2.46. The van der Waals surface area contributed by atoms with E-state index in [0.29, 0.717) is 6.07 Å². The Morgan fingerprint density at radius 1 is 1.29 bits per heavy atom. The van der Waals surface area contributed by atoms with E-state index in [4.69, 9.17) is 5.73 Å². The number of nitrogens with two attached hydrogens (primary N) is 1. The number of benzene rings is 1. The number of alkyl halides is 3. The van der Waals surface area contributed by atoms with Crippen molar-refractivity contribution in [1.82, 2.24) is 4.90 Å². The van der Waals surface area contributed by atoms with Crippen molar-refractivity contribution in [3.05, 3.63) is 35.1 Å². The minimum Gasteiger partial charge on any atom is -0.385 e. The smallest absolute Gasteiger partial charge is 0.385 e. The van der Waals surface area contributed by atoms with E-state index >= 15 is 0 Å². The molecule has 1 heterocycles. The van der Waals surface area contributed by atoms with E-state index in [1.807, 2.05) is 0 Å². The largest absolute Gasteiger partial charge is 0.419 e. The fourth-order valence-electron chi connectivity index (χ4n) is 2.46. The number of nitrogens with zero attached hydrogens (tertiary/aromatic N) is 2. The molecule has 1 atom stereocenters. The van der Waals surface area contributed by atoms with Crippen LogP contribution in [0, 0.1) is 5.82 Å². The van der Waals surface area contributed by atoms with Gasteiger partial charge in [-0.3, -0.25) is 0 Å². The Labute approximate surface area is 117 Å². The van der Waals surface area contributed by atoms with Gasteiger partial charge in [0.05, 0.1) is 5.56 Å². The Morgan fingerprint density at radius 2 is 1.95 bits per heavy atom. The third-order valence-corrected chi connectivity index (χ3v) is 3.56. The molecule has 1 fully saturated rings. The standard InChI is InChI=1S/C13H11F4N3O/c14-9-4-1-6(5-8(9)13(15,16)17)10-11(18)19-12(21)20(10)7-2-3-7/h1,4-5,7,10H,2-3H2,(H2,18,19,21). The predicted molar refractivity (Wildman–Crippen MR) is 66.0 cm³/mol. The molecule has 0 spiro atoms. The van der Waals surface area contributed by atoms with Crippen LogP contribution in [-0.2, 0) is 6.18 Å². The number of urea groups is 1. The Hall–Kier alpha value is -2.12. The molecule has 1 aliphatic heterocycles. The van der Waals surface area contributed by atoms with Crippen LogP contribution in [0.15, 0.2) is 23.2 Å². The number of amides is 2. The van der Waals surface area contributed by atoms with Gasteiger partial charge in [0.1, 0.15) is 17.7 Å². The SMILES string of the molecule is NC1=NC(=O)N(C2CC2)C1c1ccc(F)c(C(F)(F)F)c1. The minimum atomic E-state index is -4.81. The lowest BCUT2D eigenvalue weighted by Crippen LogP contribution is -2.35. The van der Waals surface area contributed by atoms with Crippen LogP contribution in [0.4, 0.5) is 22.4 Å². The summed E-state index contributed by atoms with van der Waals surface area (Å²) >= 11 is 0. The molecule has 2 aliphatic rings. The van der Waals surface area contributed by atoms with Crippen LogP contribution in [0.2, 0.25) is 0 Å². The van der Waals surface area contributed by atoms with Crippen LogP contribution in [0.5, 0.6) is 0 Å². The van der Waals surface area contributed by atoms with Crippen LogP contribution >= 0.6 is 0 Å². The summed E-state index contributed by atoms with van der Waals surface area (Å²) in [5.41, 5.74) is 4.41. The quantitative estimate of drug-likeness (QED) is 0.854. The second-order valence-electron chi connectivity index (χ2n) is 5.10. The molecule has 0 aromatic heterocycles. The van der Waals surface area contributed by atoms with Gasteiger partial charge in [-0.25, -0.2) is 9.18 Å². The highest BCUT2D eigenvalue weighted by atomic mass is 19.4. The van der Waals surface area contributed by atoms with Crippen molar-refractivity contribution in [2.75, 3.05) is 0 Å². The summed E-state index contributed by atoms with van der Waals surface area (Å²) in [4.78, 5) is 16.7. The second-order valence-corrected chi connectivity index (χ2v) is 5.10. The Morgan fingerprint density at radius 3 is 2.52 bits per heavy atom. The number of carbonyl (C=O) groups excluding carboxylic acids is 1. The van der Waals surface area contributed by atoms with Gasteiger partial charge in [-0.2, -0.15) is 18.2 Å². The second kappa shape index (κ2) is 4.44.